The smallest absolute Gasteiger partial charge is 0.259 e. The maximum atomic E-state index is 12.4. The molecule has 3 aromatic rings. The Kier molecular flexibility index (Phi) is 4.65. The van der Waals surface area contributed by atoms with Gasteiger partial charge >= 0.3 is 0 Å². The molecule has 2 aromatic carbocycles. The van der Waals surface area contributed by atoms with Gasteiger partial charge in [0.05, 0.1) is 12.5 Å². The first-order valence-corrected chi connectivity index (χ1v) is 7.64. The lowest BCUT2D eigenvalue weighted by atomic mass is 10.1. The van der Waals surface area contributed by atoms with E-state index >= 15 is 0 Å². The van der Waals surface area contributed by atoms with Crippen molar-refractivity contribution in [2.75, 3.05) is 20.8 Å². The maximum absolute atomic E-state index is 12.4. The second kappa shape index (κ2) is 7.04. The topological polar surface area (TPSA) is 93.3 Å². The summed E-state index contributed by atoms with van der Waals surface area (Å²) in [7, 11) is 2.99. The van der Waals surface area contributed by atoms with Gasteiger partial charge in [-0.15, -0.1) is 0 Å². The molecule has 0 aliphatic carbocycles. The van der Waals surface area contributed by atoms with Crippen LogP contribution in [0.2, 0.25) is 0 Å². The summed E-state index contributed by atoms with van der Waals surface area (Å²) in [5.74, 6) is 0.811. The van der Waals surface area contributed by atoms with Gasteiger partial charge in [0.1, 0.15) is 11.3 Å². The van der Waals surface area contributed by atoms with Crippen molar-refractivity contribution in [1.29, 1.82) is 0 Å². The molecule has 2 N–H and O–H groups in total. The fraction of sp³-hybridized carbons (Fsp3) is 0.167. The van der Waals surface area contributed by atoms with Crippen molar-refractivity contribution in [2.24, 2.45) is 0 Å². The highest BCUT2D eigenvalue weighted by molar-refractivity contribution is 5.88. The van der Waals surface area contributed by atoms with Gasteiger partial charge in [0.25, 0.3) is 11.5 Å². The number of carbonyl (C=O) groups is 1. The van der Waals surface area contributed by atoms with E-state index in [2.05, 4.69) is 15.3 Å². The predicted molar refractivity (Wildman–Crippen MR) is 93.9 cm³/mol. The second-order valence-corrected chi connectivity index (χ2v) is 5.24. The van der Waals surface area contributed by atoms with Crippen molar-refractivity contribution in [2.45, 2.75) is 0 Å². The molecule has 25 heavy (non-hydrogen) atoms. The van der Waals surface area contributed by atoms with Crippen LogP contribution in [0.5, 0.6) is 11.5 Å². The highest BCUT2D eigenvalue weighted by atomic mass is 16.5. The summed E-state index contributed by atoms with van der Waals surface area (Å²) in [6.45, 7) is -0.160. The van der Waals surface area contributed by atoms with Crippen molar-refractivity contribution in [3.05, 3.63) is 52.8 Å². The second-order valence-electron chi connectivity index (χ2n) is 5.24. The fourth-order valence-electron chi connectivity index (χ4n) is 2.42. The summed E-state index contributed by atoms with van der Waals surface area (Å²) in [4.78, 5) is 31.1. The Balaban J connectivity index is 2.13. The van der Waals surface area contributed by atoms with Gasteiger partial charge in [0, 0.05) is 12.6 Å². The molecule has 7 heteroatoms. The molecular weight excluding hydrogens is 322 g/mol. The van der Waals surface area contributed by atoms with Gasteiger partial charge in [-0.3, -0.25) is 9.59 Å². The number of rotatable bonds is 5. The number of H-pyrrole nitrogens is 1. The van der Waals surface area contributed by atoms with Crippen LogP contribution >= 0.6 is 0 Å². The lowest BCUT2D eigenvalue weighted by Crippen LogP contribution is -2.25. The molecule has 0 unspecified atom stereocenters. The van der Waals surface area contributed by atoms with Crippen LogP contribution in [-0.2, 0) is 4.79 Å². The number of likely N-dealkylation sites (N-methyl/N-ethyl adjacent to an activating group) is 1. The quantitative estimate of drug-likeness (QED) is 0.738. The van der Waals surface area contributed by atoms with Gasteiger partial charge in [-0.05, 0) is 12.1 Å². The number of amides is 1. The number of methoxy groups -OCH3 is 1. The number of carbonyl (C=O) groups excluding carboxylic acids is 1. The lowest BCUT2D eigenvalue weighted by molar-refractivity contribution is -0.122. The van der Waals surface area contributed by atoms with Crippen molar-refractivity contribution in [1.82, 2.24) is 15.3 Å². The molecule has 0 aliphatic heterocycles. The molecule has 0 saturated carbocycles. The van der Waals surface area contributed by atoms with E-state index in [0.29, 0.717) is 28.2 Å². The van der Waals surface area contributed by atoms with Gasteiger partial charge in [-0.25, -0.2) is 4.98 Å². The van der Waals surface area contributed by atoms with Crippen LogP contribution < -0.4 is 20.3 Å². The van der Waals surface area contributed by atoms with Crippen molar-refractivity contribution in [3.63, 3.8) is 0 Å². The van der Waals surface area contributed by atoms with Crippen LogP contribution in [0.15, 0.2) is 47.3 Å². The molecule has 1 amide bonds. The van der Waals surface area contributed by atoms with E-state index in [9.17, 15) is 9.59 Å². The Labute approximate surface area is 143 Å². The minimum Gasteiger partial charge on any atom is -0.491 e. The summed E-state index contributed by atoms with van der Waals surface area (Å²) < 4.78 is 10.9. The van der Waals surface area contributed by atoms with Gasteiger partial charge in [-0.2, -0.15) is 0 Å². The molecule has 128 valence electrons. The molecule has 0 fully saturated rings. The minimum absolute atomic E-state index is 0.160. The molecule has 0 bridgehead atoms. The molecule has 0 aliphatic rings. The summed E-state index contributed by atoms with van der Waals surface area (Å²) in [5, 5.41) is 2.85. The number of aromatic amines is 1. The molecule has 0 spiro atoms. The highest BCUT2D eigenvalue weighted by Crippen LogP contribution is 2.33. The van der Waals surface area contributed by atoms with E-state index in [0.717, 1.165) is 5.56 Å². The lowest BCUT2D eigenvalue weighted by Gasteiger charge is -2.12. The van der Waals surface area contributed by atoms with E-state index < -0.39 is 0 Å². The van der Waals surface area contributed by atoms with Crippen molar-refractivity contribution >= 4 is 16.8 Å². The normalized spacial score (nSPS) is 10.5. The van der Waals surface area contributed by atoms with Crippen LogP contribution in [0.3, 0.4) is 0 Å². The zero-order valence-electron chi connectivity index (χ0n) is 13.8. The monoisotopic (exact) mass is 339 g/mol. The number of ether oxygens (including phenoxy) is 2. The number of nitrogens with one attached hydrogen (secondary N) is 2. The van der Waals surface area contributed by atoms with Gasteiger partial charge < -0.3 is 19.8 Å². The van der Waals surface area contributed by atoms with Crippen LogP contribution in [0.1, 0.15) is 0 Å². The van der Waals surface area contributed by atoms with Gasteiger partial charge in [0.2, 0.25) is 0 Å². The Bertz CT molecular complexity index is 967. The third-order valence-electron chi connectivity index (χ3n) is 3.68. The first-order valence-electron chi connectivity index (χ1n) is 7.64. The zero-order chi connectivity index (χ0) is 17.8. The molecule has 0 saturated heterocycles. The molecular formula is C18H17N3O4. The van der Waals surface area contributed by atoms with E-state index in [1.165, 1.54) is 14.2 Å². The Morgan fingerprint density at radius 2 is 1.96 bits per heavy atom. The van der Waals surface area contributed by atoms with Crippen molar-refractivity contribution < 1.29 is 14.3 Å². The maximum Gasteiger partial charge on any atom is 0.259 e. The molecule has 0 radical (unpaired) electrons. The van der Waals surface area contributed by atoms with Gasteiger partial charge in [0.15, 0.2) is 18.1 Å². The third-order valence-corrected chi connectivity index (χ3v) is 3.68. The molecule has 3 rings (SSSR count). The zero-order valence-corrected chi connectivity index (χ0v) is 13.8. The van der Waals surface area contributed by atoms with Gasteiger partial charge in [-0.1, -0.05) is 30.3 Å². The Hall–Kier alpha value is -3.35. The van der Waals surface area contributed by atoms with Crippen molar-refractivity contribution in [3.8, 4) is 22.9 Å². The SMILES string of the molecule is CNC(=O)COc1ccc2c(=O)[nH]c(-c3ccccc3)nc2c1OC. The fourth-order valence-corrected chi connectivity index (χ4v) is 2.42. The average Bonchev–Trinajstić information content (AvgIpc) is 2.66. The molecule has 0 atom stereocenters. The van der Waals surface area contributed by atoms with Crippen LogP contribution in [0.25, 0.3) is 22.3 Å². The largest absolute Gasteiger partial charge is 0.491 e. The number of benzene rings is 2. The van der Waals surface area contributed by atoms with E-state index in [4.69, 9.17) is 9.47 Å². The highest BCUT2D eigenvalue weighted by Gasteiger charge is 2.16. The summed E-state index contributed by atoms with van der Waals surface area (Å²) in [6.07, 6.45) is 0. The molecule has 1 aromatic heterocycles. The number of fused-ring (bicyclic) bond motifs is 1. The van der Waals surface area contributed by atoms with E-state index in [1.54, 1.807) is 12.1 Å². The number of nitrogens with zero attached hydrogens (tertiary/aromatic N) is 1. The number of aromatic nitrogens is 2. The molecule has 1 heterocycles. The number of hydrogen-bond donors (Lipinski definition) is 2. The first-order chi connectivity index (χ1) is 12.1. The molecule has 7 nitrogen and oxygen atoms in total. The number of hydrogen-bond acceptors (Lipinski definition) is 5. The minimum atomic E-state index is -0.278. The predicted octanol–water partition coefficient (Wildman–Crippen LogP) is 1.72. The Morgan fingerprint density at radius 3 is 2.64 bits per heavy atom. The first kappa shape index (κ1) is 16.5. The van der Waals surface area contributed by atoms with Crippen LogP contribution in [0, 0.1) is 0 Å². The van der Waals surface area contributed by atoms with Crippen LogP contribution in [0.4, 0.5) is 0 Å². The van der Waals surface area contributed by atoms with E-state index in [-0.39, 0.29) is 18.1 Å². The van der Waals surface area contributed by atoms with Crippen LogP contribution in [-0.4, -0.2) is 36.6 Å². The van der Waals surface area contributed by atoms with E-state index in [1.807, 2.05) is 30.3 Å². The average molecular weight is 339 g/mol. The summed E-state index contributed by atoms with van der Waals surface area (Å²) >= 11 is 0. The standard InChI is InChI=1S/C18H17N3O4/c1-19-14(22)10-25-13-9-8-12-15(16(13)24-2)20-17(21-18(12)23)11-6-4-3-5-7-11/h3-9H,10H2,1-2H3,(H,19,22)(H,20,21,23). The summed E-state index contributed by atoms with van der Waals surface area (Å²) in [6, 6.07) is 12.5. The summed E-state index contributed by atoms with van der Waals surface area (Å²) in [5.41, 5.74) is 0.875. The third kappa shape index (κ3) is 3.30. The Morgan fingerprint density at radius 1 is 1.20 bits per heavy atom.